The molecule has 1 amide bonds. The van der Waals surface area contributed by atoms with E-state index >= 15 is 0 Å². The molecule has 146 valence electrons. The number of carbonyl (C=O) groups is 2. The number of amides is 1. The number of hydrogen-bond acceptors (Lipinski definition) is 4. The third-order valence-corrected chi connectivity index (χ3v) is 5.47. The van der Waals surface area contributed by atoms with Gasteiger partial charge in [0.15, 0.2) is 17.3 Å². The molecule has 6 heteroatoms. The summed E-state index contributed by atoms with van der Waals surface area (Å²) in [6.07, 6.45) is 0.214. The van der Waals surface area contributed by atoms with E-state index in [4.69, 9.17) is 9.47 Å². The summed E-state index contributed by atoms with van der Waals surface area (Å²) >= 11 is 2.13. The monoisotopic (exact) mass is 499 g/mol. The Hall–Kier alpha value is -2.87. The van der Waals surface area contributed by atoms with Gasteiger partial charge in [-0.15, -0.1) is 0 Å². The lowest BCUT2D eigenvalue weighted by molar-refractivity contribution is -0.115. The van der Waals surface area contributed by atoms with Crippen molar-refractivity contribution in [2.75, 3.05) is 18.5 Å². The van der Waals surface area contributed by atoms with E-state index in [1.54, 1.807) is 18.2 Å². The third-order valence-electron chi connectivity index (χ3n) is 4.53. The zero-order chi connectivity index (χ0) is 20.2. The number of hydrogen-bond donors (Lipinski definition) is 1. The zero-order valence-electron chi connectivity index (χ0n) is 15.5. The van der Waals surface area contributed by atoms with Crippen molar-refractivity contribution in [3.8, 4) is 11.5 Å². The van der Waals surface area contributed by atoms with Crippen LogP contribution in [-0.4, -0.2) is 24.9 Å². The molecule has 1 aliphatic rings. The fourth-order valence-electron chi connectivity index (χ4n) is 3.15. The molecule has 1 heterocycles. The predicted molar refractivity (Wildman–Crippen MR) is 119 cm³/mol. The second-order valence-electron chi connectivity index (χ2n) is 6.56. The second-order valence-corrected chi connectivity index (χ2v) is 7.72. The minimum atomic E-state index is -0.204. The van der Waals surface area contributed by atoms with Gasteiger partial charge < -0.3 is 14.8 Å². The molecule has 4 rings (SSSR count). The molecule has 5 nitrogen and oxygen atoms in total. The predicted octanol–water partition coefficient (Wildman–Crippen LogP) is 4.47. The first kappa shape index (κ1) is 19.4. The van der Waals surface area contributed by atoms with Crippen LogP contribution in [0.3, 0.4) is 0 Å². The molecule has 0 saturated heterocycles. The SMILES string of the molecule is O=C(Cc1ccccc1)Nc1cc2c(cc1C(=O)c1ccccc1I)OCCO2. The summed E-state index contributed by atoms with van der Waals surface area (Å²) in [5, 5.41) is 2.88. The van der Waals surface area contributed by atoms with Crippen LogP contribution in [0.5, 0.6) is 11.5 Å². The van der Waals surface area contributed by atoms with Gasteiger partial charge in [-0.1, -0.05) is 42.5 Å². The number of anilines is 1. The van der Waals surface area contributed by atoms with E-state index < -0.39 is 0 Å². The molecule has 0 bridgehead atoms. The summed E-state index contributed by atoms with van der Waals surface area (Å²) in [6.45, 7) is 0.845. The first-order chi connectivity index (χ1) is 14.1. The first-order valence-electron chi connectivity index (χ1n) is 9.18. The number of carbonyl (C=O) groups excluding carboxylic acids is 2. The van der Waals surface area contributed by atoms with Crippen LogP contribution in [-0.2, 0) is 11.2 Å². The Bertz CT molecular complexity index is 1070. The van der Waals surface area contributed by atoms with Gasteiger partial charge in [-0.3, -0.25) is 9.59 Å². The summed E-state index contributed by atoms with van der Waals surface area (Å²) in [5.74, 6) is 0.642. The van der Waals surface area contributed by atoms with Crippen LogP contribution in [0.1, 0.15) is 21.5 Å². The van der Waals surface area contributed by atoms with Crippen LogP contribution in [0.15, 0.2) is 66.7 Å². The number of benzene rings is 3. The summed E-state index contributed by atoms with van der Waals surface area (Å²) in [4.78, 5) is 25.9. The summed E-state index contributed by atoms with van der Waals surface area (Å²) in [5.41, 5.74) is 2.26. The Balaban J connectivity index is 1.69. The fourth-order valence-corrected chi connectivity index (χ4v) is 3.78. The fraction of sp³-hybridized carbons (Fsp3) is 0.130. The van der Waals surface area contributed by atoms with Gasteiger partial charge in [0.2, 0.25) is 5.91 Å². The van der Waals surface area contributed by atoms with Gasteiger partial charge in [-0.05, 0) is 46.4 Å². The van der Waals surface area contributed by atoms with Crippen LogP contribution in [0.25, 0.3) is 0 Å². The molecule has 1 aliphatic heterocycles. The van der Waals surface area contributed by atoms with E-state index in [1.807, 2.05) is 48.5 Å². The summed E-state index contributed by atoms with van der Waals surface area (Å²) in [6, 6.07) is 20.1. The molecule has 0 unspecified atom stereocenters. The van der Waals surface area contributed by atoms with E-state index in [0.29, 0.717) is 41.5 Å². The van der Waals surface area contributed by atoms with Crippen LogP contribution in [0.2, 0.25) is 0 Å². The molecule has 0 aliphatic carbocycles. The van der Waals surface area contributed by atoms with Gasteiger partial charge in [-0.25, -0.2) is 0 Å². The van der Waals surface area contributed by atoms with Crippen LogP contribution < -0.4 is 14.8 Å². The number of fused-ring (bicyclic) bond motifs is 1. The molecule has 1 N–H and O–H groups in total. The van der Waals surface area contributed by atoms with Crippen molar-refractivity contribution < 1.29 is 19.1 Å². The normalized spacial score (nSPS) is 12.3. The van der Waals surface area contributed by atoms with Crippen LogP contribution in [0.4, 0.5) is 5.69 Å². The van der Waals surface area contributed by atoms with E-state index in [0.717, 1.165) is 9.13 Å². The molecule has 0 saturated carbocycles. The van der Waals surface area contributed by atoms with E-state index in [2.05, 4.69) is 27.9 Å². The first-order valence-corrected chi connectivity index (χ1v) is 10.3. The maximum absolute atomic E-state index is 13.3. The van der Waals surface area contributed by atoms with Gasteiger partial charge >= 0.3 is 0 Å². The van der Waals surface area contributed by atoms with E-state index in [1.165, 1.54) is 0 Å². The Morgan fingerprint density at radius 2 is 1.52 bits per heavy atom. The van der Waals surface area contributed by atoms with Crippen LogP contribution >= 0.6 is 22.6 Å². The van der Waals surface area contributed by atoms with Crippen molar-refractivity contribution in [2.45, 2.75) is 6.42 Å². The molecule has 0 spiro atoms. The van der Waals surface area contributed by atoms with Crippen molar-refractivity contribution in [1.82, 2.24) is 0 Å². The smallest absolute Gasteiger partial charge is 0.228 e. The maximum atomic E-state index is 13.3. The molecular formula is C23H18INO4. The molecule has 0 fully saturated rings. The Labute approximate surface area is 182 Å². The largest absolute Gasteiger partial charge is 0.486 e. The Kier molecular flexibility index (Phi) is 5.80. The highest BCUT2D eigenvalue weighted by molar-refractivity contribution is 14.1. The highest BCUT2D eigenvalue weighted by Crippen LogP contribution is 2.37. The quantitative estimate of drug-likeness (QED) is 0.416. The maximum Gasteiger partial charge on any atom is 0.228 e. The Morgan fingerprint density at radius 3 is 2.24 bits per heavy atom. The van der Waals surface area contributed by atoms with Crippen LogP contribution in [0, 0.1) is 3.57 Å². The van der Waals surface area contributed by atoms with Crippen molar-refractivity contribution in [2.24, 2.45) is 0 Å². The third kappa shape index (κ3) is 4.42. The highest BCUT2D eigenvalue weighted by atomic mass is 127. The lowest BCUT2D eigenvalue weighted by Gasteiger charge is -2.21. The lowest BCUT2D eigenvalue weighted by Crippen LogP contribution is -2.20. The number of ether oxygens (including phenoxy) is 2. The molecule has 29 heavy (non-hydrogen) atoms. The topological polar surface area (TPSA) is 64.6 Å². The average molecular weight is 499 g/mol. The van der Waals surface area contributed by atoms with E-state index in [-0.39, 0.29) is 18.1 Å². The second kappa shape index (κ2) is 8.65. The van der Waals surface area contributed by atoms with Crippen molar-refractivity contribution in [1.29, 1.82) is 0 Å². The molecule has 3 aromatic carbocycles. The zero-order valence-corrected chi connectivity index (χ0v) is 17.6. The van der Waals surface area contributed by atoms with Gasteiger partial charge in [-0.2, -0.15) is 0 Å². The van der Waals surface area contributed by atoms with Crippen molar-refractivity contribution >= 4 is 40.0 Å². The number of ketones is 1. The molecule has 0 atom stereocenters. The average Bonchev–Trinajstić information content (AvgIpc) is 2.74. The molecule has 0 radical (unpaired) electrons. The minimum Gasteiger partial charge on any atom is -0.486 e. The molecule has 0 aromatic heterocycles. The number of halogens is 1. The van der Waals surface area contributed by atoms with Gasteiger partial charge in [0, 0.05) is 15.2 Å². The van der Waals surface area contributed by atoms with Gasteiger partial charge in [0.25, 0.3) is 0 Å². The van der Waals surface area contributed by atoms with Gasteiger partial charge in [0.05, 0.1) is 17.7 Å². The number of rotatable bonds is 5. The number of nitrogens with one attached hydrogen (secondary N) is 1. The van der Waals surface area contributed by atoms with E-state index in [9.17, 15) is 9.59 Å². The highest BCUT2D eigenvalue weighted by Gasteiger charge is 2.23. The van der Waals surface area contributed by atoms with Gasteiger partial charge in [0.1, 0.15) is 13.2 Å². The molecular weight excluding hydrogens is 481 g/mol. The lowest BCUT2D eigenvalue weighted by atomic mass is 10.0. The summed E-state index contributed by atoms with van der Waals surface area (Å²) < 4.78 is 12.1. The van der Waals surface area contributed by atoms with Crippen molar-refractivity contribution in [3.05, 3.63) is 87.0 Å². The summed E-state index contributed by atoms with van der Waals surface area (Å²) in [7, 11) is 0. The Morgan fingerprint density at radius 1 is 0.862 bits per heavy atom. The molecule has 3 aromatic rings. The minimum absolute atomic E-state index is 0.179. The standard InChI is InChI=1S/C23H18INO4/c24-18-9-5-4-8-16(18)23(27)17-13-20-21(29-11-10-28-20)14-19(17)25-22(26)12-15-6-2-1-3-7-15/h1-9,13-14H,10-12H2,(H,25,26). The van der Waals surface area contributed by atoms with Crippen molar-refractivity contribution in [3.63, 3.8) is 0 Å².